The number of likely N-dealkylation sites (tertiary alicyclic amines) is 1. The SMILES string of the molecule is O=C(Cc1cc(Nc2ncnc3cc(OCCCCN4CCC[C@H]4CO)ccc23)n[nH]1)Nc1cccc(F)c1F. The molecule has 4 aromatic rings. The van der Waals surface area contributed by atoms with Gasteiger partial charge in [0, 0.05) is 29.3 Å². The van der Waals surface area contributed by atoms with Gasteiger partial charge in [-0.1, -0.05) is 6.07 Å². The van der Waals surface area contributed by atoms with E-state index in [4.69, 9.17) is 4.74 Å². The number of rotatable bonds is 12. The molecular formula is C28H31F2N7O3. The molecule has 1 amide bonds. The van der Waals surface area contributed by atoms with Gasteiger partial charge in [0.2, 0.25) is 5.91 Å². The van der Waals surface area contributed by atoms with Gasteiger partial charge < -0.3 is 20.5 Å². The second kappa shape index (κ2) is 12.8. The number of aliphatic hydroxyl groups is 1. The average molecular weight is 552 g/mol. The zero-order valence-electron chi connectivity index (χ0n) is 21.9. The molecule has 1 aliphatic heterocycles. The van der Waals surface area contributed by atoms with Gasteiger partial charge in [-0.2, -0.15) is 5.10 Å². The molecule has 1 aliphatic rings. The summed E-state index contributed by atoms with van der Waals surface area (Å²) in [6.45, 7) is 2.85. The third kappa shape index (κ3) is 6.69. The Kier molecular flexibility index (Phi) is 8.77. The van der Waals surface area contributed by atoms with Crippen LogP contribution in [0.2, 0.25) is 0 Å². The molecule has 0 saturated carbocycles. The minimum absolute atomic E-state index is 0.115. The highest BCUT2D eigenvalue weighted by atomic mass is 19.2. The predicted octanol–water partition coefficient (Wildman–Crippen LogP) is 4.17. The maximum atomic E-state index is 13.8. The monoisotopic (exact) mass is 551 g/mol. The quantitative estimate of drug-likeness (QED) is 0.193. The molecule has 40 heavy (non-hydrogen) atoms. The van der Waals surface area contributed by atoms with Crippen molar-refractivity contribution in [1.82, 2.24) is 25.1 Å². The van der Waals surface area contributed by atoms with Gasteiger partial charge in [0.1, 0.15) is 17.9 Å². The van der Waals surface area contributed by atoms with Crippen LogP contribution in [0.15, 0.2) is 48.8 Å². The second-order valence-electron chi connectivity index (χ2n) is 9.70. The van der Waals surface area contributed by atoms with Crippen molar-refractivity contribution in [2.24, 2.45) is 0 Å². The van der Waals surface area contributed by atoms with Crippen molar-refractivity contribution >= 4 is 34.1 Å². The third-order valence-electron chi connectivity index (χ3n) is 6.88. The van der Waals surface area contributed by atoms with E-state index in [1.54, 1.807) is 6.07 Å². The molecule has 0 spiro atoms. The Bertz CT molecular complexity index is 1470. The van der Waals surface area contributed by atoms with Crippen LogP contribution in [0.4, 0.5) is 26.1 Å². The fourth-order valence-corrected chi connectivity index (χ4v) is 4.83. The minimum Gasteiger partial charge on any atom is -0.494 e. The van der Waals surface area contributed by atoms with Crippen molar-refractivity contribution < 1.29 is 23.4 Å². The summed E-state index contributed by atoms with van der Waals surface area (Å²) >= 11 is 0. The molecule has 1 atom stereocenters. The van der Waals surface area contributed by atoms with E-state index in [0.29, 0.717) is 41.2 Å². The normalized spacial score (nSPS) is 15.4. The number of fused-ring (bicyclic) bond motifs is 1. The highest BCUT2D eigenvalue weighted by Gasteiger charge is 2.22. The number of carbonyl (C=O) groups is 1. The van der Waals surface area contributed by atoms with Crippen LogP contribution in [0.1, 0.15) is 31.4 Å². The molecule has 2 aromatic carbocycles. The van der Waals surface area contributed by atoms with Crippen LogP contribution < -0.4 is 15.4 Å². The van der Waals surface area contributed by atoms with Gasteiger partial charge in [-0.15, -0.1) is 0 Å². The van der Waals surface area contributed by atoms with Gasteiger partial charge in [-0.05, 0) is 63.0 Å². The van der Waals surface area contributed by atoms with Gasteiger partial charge in [-0.3, -0.25) is 14.8 Å². The molecule has 3 heterocycles. The Labute approximate surface area is 229 Å². The molecule has 1 saturated heterocycles. The number of amides is 1. The second-order valence-corrected chi connectivity index (χ2v) is 9.70. The van der Waals surface area contributed by atoms with Crippen LogP contribution in [0.25, 0.3) is 10.9 Å². The number of hydrogen-bond acceptors (Lipinski definition) is 8. The van der Waals surface area contributed by atoms with Gasteiger partial charge in [0.05, 0.1) is 30.8 Å². The standard InChI is InChI=1S/C28H31F2N7O3/c29-22-6-3-7-23(27(22)30)33-26(39)14-18-13-25(36-35-18)34-28-21-9-8-20(15-24(21)31-17-32-28)40-12-2-1-10-37-11-4-5-19(37)16-38/h3,6-9,13,15,17,19,38H,1-2,4-5,10-12,14,16H2,(H,33,39)(H2,31,32,34,35,36)/t19-/m0/s1. The molecule has 2 aromatic heterocycles. The lowest BCUT2D eigenvalue weighted by Gasteiger charge is -2.22. The first kappa shape index (κ1) is 27.4. The van der Waals surface area contributed by atoms with Crippen LogP contribution >= 0.6 is 0 Å². The molecular weight excluding hydrogens is 520 g/mol. The van der Waals surface area contributed by atoms with Crippen molar-refractivity contribution in [2.45, 2.75) is 38.1 Å². The maximum absolute atomic E-state index is 13.8. The van der Waals surface area contributed by atoms with E-state index in [1.807, 2.05) is 18.2 Å². The number of aromatic amines is 1. The Morgan fingerprint density at radius 2 is 2.08 bits per heavy atom. The number of benzene rings is 2. The number of anilines is 3. The van der Waals surface area contributed by atoms with E-state index in [-0.39, 0.29) is 18.7 Å². The lowest BCUT2D eigenvalue weighted by atomic mass is 10.2. The Morgan fingerprint density at radius 3 is 2.95 bits per heavy atom. The van der Waals surface area contributed by atoms with Crippen molar-refractivity contribution in [2.75, 3.05) is 36.9 Å². The van der Waals surface area contributed by atoms with Gasteiger partial charge >= 0.3 is 0 Å². The van der Waals surface area contributed by atoms with Crippen molar-refractivity contribution in [3.05, 3.63) is 66.1 Å². The summed E-state index contributed by atoms with van der Waals surface area (Å²) in [5.74, 6) is -0.987. The van der Waals surface area contributed by atoms with E-state index in [9.17, 15) is 18.7 Å². The van der Waals surface area contributed by atoms with Crippen LogP contribution in [0, 0.1) is 11.6 Å². The maximum Gasteiger partial charge on any atom is 0.230 e. The number of aromatic nitrogens is 4. The molecule has 0 bridgehead atoms. The number of nitrogens with one attached hydrogen (secondary N) is 3. The van der Waals surface area contributed by atoms with Gasteiger partial charge in [0.15, 0.2) is 17.5 Å². The van der Waals surface area contributed by atoms with Gasteiger partial charge in [-0.25, -0.2) is 18.7 Å². The molecule has 0 aliphatic carbocycles. The zero-order chi connectivity index (χ0) is 27.9. The van der Waals surface area contributed by atoms with Crippen LogP contribution in [-0.2, 0) is 11.2 Å². The number of hydrogen-bond donors (Lipinski definition) is 4. The number of nitrogens with zero attached hydrogens (tertiary/aromatic N) is 4. The van der Waals surface area contributed by atoms with Crippen molar-refractivity contribution in [1.29, 1.82) is 0 Å². The molecule has 0 unspecified atom stereocenters. The fourth-order valence-electron chi connectivity index (χ4n) is 4.83. The van der Waals surface area contributed by atoms with Crippen LogP contribution in [-0.4, -0.2) is 68.4 Å². The van der Waals surface area contributed by atoms with Gasteiger partial charge in [0.25, 0.3) is 0 Å². The van der Waals surface area contributed by atoms with E-state index >= 15 is 0 Å². The summed E-state index contributed by atoms with van der Waals surface area (Å²) in [4.78, 5) is 23.3. The first-order valence-electron chi connectivity index (χ1n) is 13.3. The smallest absolute Gasteiger partial charge is 0.230 e. The van der Waals surface area contributed by atoms with Crippen LogP contribution in [0.3, 0.4) is 0 Å². The lowest BCUT2D eigenvalue weighted by Crippen LogP contribution is -2.33. The first-order chi connectivity index (χ1) is 19.5. The predicted molar refractivity (Wildman–Crippen MR) is 147 cm³/mol. The Balaban J connectivity index is 1.14. The molecule has 0 radical (unpaired) electrons. The summed E-state index contributed by atoms with van der Waals surface area (Å²) in [5, 5.41) is 22.6. The fraction of sp³-hybridized carbons (Fsp3) is 0.357. The van der Waals surface area contributed by atoms with E-state index in [0.717, 1.165) is 50.2 Å². The first-order valence-corrected chi connectivity index (χ1v) is 13.3. The Hall–Kier alpha value is -4.16. The van der Waals surface area contributed by atoms with Crippen molar-refractivity contribution in [3.8, 4) is 5.75 Å². The highest BCUT2D eigenvalue weighted by molar-refractivity contribution is 5.93. The molecule has 1 fully saturated rings. The Morgan fingerprint density at radius 1 is 1.18 bits per heavy atom. The molecule has 210 valence electrons. The van der Waals surface area contributed by atoms with E-state index < -0.39 is 17.5 Å². The minimum atomic E-state index is -1.11. The number of H-pyrrole nitrogens is 1. The highest BCUT2D eigenvalue weighted by Crippen LogP contribution is 2.26. The van der Waals surface area contributed by atoms with E-state index in [1.165, 1.54) is 18.5 Å². The van der Waals surface area contributed by atoms with Crippen LogP contribution in [0.5, 0.6) is 5.75 Å². The summed E-state index contributed by atoms with van der Waals surface area (Å²) < 4.78 is 33.1. The van der Waals surface area contributed by atoms with Crippen molar-refractivity contribution in [3.63, 3.8) is 0 Å². The summed E-state index contributed by atoms with van der Waals surface area (Å²) in [5.41, 5.74) is 0.949. The molecule has 4 N–H and O–H groups in total. The number of ether oxygens (including phenoxy) is 1. The topological polar surface area (TPSA) is 128 Å². The summed E-state index contributed by atoms with van der Waals surface area (Å²) in [7, 11) is 0. The zero-order valence-corrected chi connectivity index (χ0v) is 21.9. The summed E-state index contributed by atoms with van der Waals surface area (Å²) in [6.07, 6.45) is 5.47. The molecule has 5 rings (SSSR count). The largest absolute Gasteiger partial charge is 0.494 e. The number of carbonyl (C=O) groups excluding carboxylic acids is 1. The molecule has 12 heteroatoms. The number of halogens is 2. The third-order valence-corrected chi connectivity index (χ3v) is 6.88. The summed E-state index contributed by atoms with van der Waals surface area (Å²) in [6, 6.07) is 11.1. The number of aliphatic hydroxyl groups excluding tert-OH is 1. The lowest BCUT2D eigenvalue weighted by molar-refractivity contribution is -0.115. The van der Waals surface area contributed by atoms with E-state index in [2.05, 4.69) is 35.7 Å². The number of unbranched alkanes of at least 4 members (excludes halogenated alkanes) is 1. The average Bonchev–Trinajstić information content (AvgIpc) is 3.60. The molecule has 10 nitrogen and oxygen atoms in total.